The van der Waals surface area contributed by atoms with Crippen molar-refractivity contribution >= 4 is 29.3 Å². The van der Waals surface area contributed by atoms with E-state index in [1.165, 1.54) is 11.8 Å². The van der Waals surface area contributed by atoms with Crippen molar-refractivity contribution in [3.05, 3.63) is 60.0 Å². The van der Waals surface area contributed by atoms with Gasteiger partial charge in [-0.05, 0) is 25.1 Å². The molecule has 2 amide bonds. The first-order valence-electron chi connectivity index (χ1n) is 10.6. The Kier molecular flexibility index (Phi) is 5.67. The third-order valence-electron chi connectivity index (χ3n) is 5.84. The summed E-state index contributed by atoms with van der Waals surface area (Å²) in [4.78, 5) is 34.3. The fourth-order valence-electron chi connectivity index (χ4n) is 3.98. The summed E-state index contributed by atoms with van der Waals surface area (Å²) < 4.78 is 5.52. The third kappa shape index (κ3) is 4.13. The predicted molar refractivity (Wildman–Crippen MR) is 121 cm³/mol. The van der Waals surface area contributed by atoms with Gasteiger partial charge in [-0.1, -0.05) is 35.5 Å². The Balaban J connectivity index is 1.22. The van der Waals surface area contributed by atoms with Crippen molar-refractivity contribution in [3.63, 3.8) is 0 Å². The second-order valence-corrected chi connectivity index (χ2v) is 8.89. The zero-order chi connectivity index (χ0) is 22.1. The van der Waals surface area contributed by atoms with Crippen LogP contribution in [0.1, 0.15) is 29.2 Å². The van der Waals surface area contributed by atoms with Gasteiger partial charge in [0.15, 0.2) is 0 Å². The molecule has 8 nitrogen and oxygen atoms in total. The van der Waals surface area contributed by atoms with Crippen LogP contribution in [0, 0.1) is 0 Å². The molecule has 2 aliphatic rings. The molecule has 164 valence electrons. The van der Waals surface area contributed by atoms with Gasteiger partial charge < -0.3 is 14.7 Å². The fraction of sp³-hybridized carbons (Fsp3) is 0.304. The molecule has 1 unspecified atom stereocenters. The average Bonchev–Trinajstić information content (AvgIpc) is 3.34. The number of carbonyl (C=O) groups is 2. The number of nitrogens with zero attached hydrogens (tertiary/aromatic N) is 4. The number of hydrogen-bond acceptors (Lipinski definition) is 7. The molecule has 1 saturated heterocycles. The highest BCUT2D eigenvalue weighted by Gasteiger charge is 2.29. The Hall–Kier alpha value is -3.17. The van der Waals surface area contributed by atoms with Crippen molar-refractivity contribution in [2.75, 3.05) is 37.2 Å². The normalized spacial score (nSPS) is 17.5. The first-order chi connectivity index (χ1) is 15.6. The van der Waals surface area contributed by atoms with Gasteiger partial charge in [0.05, 0.1) is 17.5 Å². The van der Waals surface area contributed by atoms with E-state index in [-0.39, 0.29) is 17.9 Å². The summed E-state index contributed by atoms with van der Waals surface area (Å²) in [5, 5.41) is 6.97. The first-order valence-corrected chi connectivity index (χ1v) is 11.6. The van der Waals surface area contributed by atoms with Crippen LogP contribution in [0.3, 0.4) is 0 Å². The summed E-state index contributed by atoms with van der Waals surface area (Å²) in [6, 6.07) is 15.2. The lowest BCUT2D eigenvalue weighted by Crippen LogP contribution is -2.49. The van der Waals surface area contributed by atoms with Crippen LogP contribution in [0.2, 0.25) is 0 Å². The Labute approximate surface area is 190 Å². The molecule has 3 aromatic rings. The number of piperazine rings is 1. The minimum absolute atomic E-state index is 0.0194. The molecular weight excluding hydrogens is 426 g/mol. The van der Waals surface area contributed by atoms with Crippen molar-refractivity contribution in [3.8, 4) is 11.4 Å². The van der Waals surface area contributed by atoms with Crippen LogP contribution >= 0.6 is 11.8 Å². The van der Waals surface area contributed by atoms with E-state index in [9.17, 15) is 9.59 Å². The number of benzene rings is 2. The Morgan fingerprint density at radius 1 is 1.12 bits per heavy atom. The number of aromatic nitrogens is 2. The SMILES string of the molecule is CC(c1nc(-c2ccccc2)no1)N1CCN(C(=O)c2ccc3c(c2)NC(=O)CS3)CC1. The van der Waals surface area contributed by atoms with Gasteiger partial charge in [0.2, 0.25) is 17.6 Å². The van der Waals surface area contributed by atoms with E-state index in [1.54, 1.807) is 6.07 Å². The number of rotatable bonds is 4. The smallest absolute Gasteiger partial charge is 0.254 e. The molecule has 0 aliphatic carbocycles. The van der Waals surface area contributed by atoms with E-state index in [4.69, 9.17) is 4.52 Å². The summed E-state index contributed by atoms with van der Waals surface area (Å²) in [5.41, 5.74) is 2.23. The van der Waals surface area contributed by atoms with Crippen molar-refractivity contribution in [1.29, 1.82) is 0 Å². The van der Waals surface area contributed by atoms with E-state index in [2.05, 4.69) is 20.4 Å². The lowest BCUT2D eigenvalue weighted by molar-refractivity contribution is -0.113. The van der Waals surface area contributed by atoms with Gasteiger partial charge in [-0.25, -0.2) is 0 Å². The molecule has 1 atom stereocenters. The van der Waals surface area contributed by atoms with Crippen LogP contribution in [0.25, 0.3) is 11.4 Å². The van der Waals surface area contributed by atoms with Gasteiger partial charge >= 0.3 is 0 Å². The highest BCUT2D eigenvalue weighted by atomic mass is 32.2. The maximum absolute atomic E-state index is 13.0. The molecule has 3 heterocycles. The molecule has 0 bridgehead atoms. The summed E-state index contributed by atoms with van der Waals surface area (Å²) in [5.74, 6) is 1.51. The first kappa shape index (κ1) is 20.7. The van der Waals surface area contributed by atoms with Crippen LogP contribution in [-0.2, 0) is 4.79 Å². The fourth-order valence-corrected chi connectivity index (χ4v) is 4.77. The number of hydrogen-bond donors (Lipinski definition) is 1. The molecule has 1 aromatic heterocycles. The molecule has 5 rings (SSSR count). The standard InChI is InChI=1S/C23H23N5O3S/c1-15(22-25-21(26-31-22)16-5-3-2-4-6-16)27-9-11-28(12-10-27)23(30)17-7-8-19-18(13-17)24-20(29)14-32-19/h2-8,13,15H,9-12,14H2,1H3,(H,24,29). The van der Waals surface area contributed by atoms with Gasteiger partial charge in [0.1, 0.15) is 0 Å². The van der Waals surface area contributed by atoms with Crippen molar-refractivity contribution in [2.45, 2.75) is 17.9 Å². The summed E-state index contributed by atoms with van der Waals surface area (Å²) >= 11 is 1.49. The van der Waals surface area contributed by atoms with E-state index >= 15 is 0 Å². The summed E-state index contributed by atoms with van der Waals surface area (Å²) in [6.07, 6.45) is 0. The topological polar surface area (TPSA) is 91.6 Å². The summed E-state index contributed by atoms with van der Waals surface area (Å²) in [7, 11) is 0. The second kappa shape index (κ2) is 8.76. The van der Waals surface area contributed by atoms with Gasteiger partial charge in [-0.2, -0.15) is 4.98 Å². The third-order valence-corrected chi connectivity index (χ3v) is 6.91. The number of amides is 2. The molecule has 1 N–H and O–H groups in total. The molecule has 0 spiro atoms. The maximum atomic E-state index is 13.0. The number of anilines is 1. The quantitative estimate of drug-likeness (QED) is 0.653. The minimum atomic E-state index is -0.0360. The Morgan fingerprint density at radius 3 is 2.69 bits per heavy atom. The minimum Gasteiger partial charge on any atom is -0.337 e. The lowest BCUT2D eigenvalue weighted by atomic mass is 10.1. The lowest BCUT2D eigenvalue weighted by Gasteiger charge is -2.37. The van der Waals surface area contributed by atoms with E-state index < -0.39 is 0 Å². The van der Waals surface area contributed by atoms with Crippen LogP contribution in [-0.4, -0.2) is 63.7 Å². The van der Waals surface area contributed by atoms with Gasteiger partial charge in [-0.15, -0.1) is 11.8 Å². The Morgan fingerprint density at radius 2 is 1.91 bits per heavy atom. The Bertz CT molecular complexity index is 1140. The van der Waals surface area contributed by atoms with Crippen molar-refractivity contribution in [2.24, 2.45) is 0 Å². The van der Waals surface area contributed by atoms with Crippen LogP contribution < -0.4 is 5.32 Å². The van der Waals surface area contributed by atoms with Gasteiger partial charge in [-0.3, -0.25) is 14.5 Å². The second-order valence-electron chi connectivity index (χ2n) is 7.87. The highest BCUT2D eigenvalue weighted by molar-refractivity contribution is 8.00. The highest BCUT2D eigenvalue weighted by Crippen LogP contribution is 2.32. The average molecular weight is 450 g/mol. The van der Waals surface area contributed by atoms with Crippen LogP contribution in [0.4, 0.5) is 5.69 Å². The molecule has 2 aliphatic heterocycles. The maximum Gasteiger partial charge on any atom is 0.254 e. The summed E-state index contributed by atoms with van der Waals surface area (Å²) in [6.45, 7) is 4.70. The monoisotopic (exact) mass is 449 g/mol. The molecular formula is C23H23N5O3S. The number of thioether (sulfide) groups is 1. The molecule has 32 heavy (non-hydrogen) atoms. The van der Waals surface area contributed by atoms with Crippen LogP contribution in [0.5, 0.6) is 0 Å². The van der Waals surface area contributed by atoms with Crippen molar-refractivity contribution < 1.29 is 14.1 Å². The van der Waals surface area contributed by atoms with E-state index in [0.717, 1.165) is 16.1 Å². The zero-order valence-electron chi connectivity index (χ0n) is 17.7. The number of carbonyl (C=O) groups excluding carboxylic acids is 2. The zero-order valence-corrected chi connectivity index (χ0v) is 18.5. The number of nitrogens with one attached hydrogen (secondary N) is 1. The predicted octanol–water partition coefficient (Wildman–Crippen LogP) is 3.30. The molecule has 2 aromatic carbocycles. The number of fused-ring (bicyclic) bond motifs is 1. The van der Waals surface area contributed by atoms with Crippen molar-refractivity contribution in [1.82, 2.24) is 19.9 Å². The van der Waals surface area contributed by atoms with Gasteiger partial charge in [0, 0.05) is 42.2 Å². The molecule has 0 radical (unpaired) electrons. The molecule has 1 fully saturated rings. The molecule has 9 heteroatoms. The largest absolute Gasteiger partial charge is 0.337 e. The molecule has 0 saturated carbocycles. The van der Waals surface area contributed by atoms with E-state index in [1.807, 2.05) is 54.3 Å². The van der Waals surface area contributed by atoms with Crippen LogP contribution in [0.15, 0.2) is 57.9 Å². The van der Waals surface area contributed by atoms with E-state index in [0.29, 0.717) is 49.2 Å². The van der Waals surface area contributed by atoms with Gasteiger partial charge in [0.25, 0.3) is 5.91 Å².